The van der Waals surface area contributed by atoms with Crippen LogP contribution in [0.25, 0.3) is 16.9 Å². The van der Waals surface area contributed by atoms with Gasteiger partial charge in [0.05, 0.1) is 24.1 Å². The van der Waals surface area contributed by atoms with Crippen LogP contribution in [0.3, 0.4) is 0 Å². The Morgan fingerprint density at radius 3 is 2.71 bits per heavy atom. The number of fused-ring (bicyclic) bond motifs is 2. The second kappa shape index (κ2) is 7.68. The third-order valence-corrected chi connectivity index (χ3v) is 7.60. The number of halogens is 1. The molecule has 2 bridgehead atoms. The van der Waals surface area contributed by atoms with Gasteiger partial charge in [-0.25, -0.2) is 14.1 Å². The number of aromatic nitrogens is 6. The van der Waals surface area contributed by atoms with Crippen LogP contribution >= 0.6 is 0 Å². The van der Waals surface area contributed by atoms with Crippen molar-refractivity contribution in [2.45, 2.75) is 75.3 Å². The van der Waals surface area contributed by atoms with Crippen LogP contribution < -0.4 is 10.2 Å². The lowest BCUT2D eigenvalue weighted by Crippen LogP contribution is -2.66. The molecule has 0 radical (unpaired) electrons. The molecule has 1 aromatic carbocycles. The van der Waals surface area contributed by atoms with Gasteiger partial charge in [-0.1, -0.05) is 5.21 Å². The number of piperidine rings is 1. The zero-order chi connectivity index (χ0) is 24.4. The second-order valence-corrected chi connectivity index (χ2v) is 10.4. The molecule has 11 heteroatoms. The van der Waals surface area contributed by atoms with E-state index in [1.165, 1.54) is 16.9 Å². The van der Waals surface area contributed by atoms with Crippen molar-refractivity contribution in [2.75, 3.05) is 4.90 Å². The van der Waals surface area contributed by atoms with Gasteiger partial charge in [-0.2, -0.15) is 5.26 Å². The average Bonchev–Trinajstić information content (AvgIpc) is 3.48. The molecule has 2 aliphatic heterocycles. The lowest BCUT2D eigenvalue weighted by Gasteiger charge is -2.48. The lowest BCUT2D eigenvalue weighted by atomic mass is 9.82. The Balaban J connectivity index is 1.28. The van der Waals surface area contributed by atoms with Crippen molar-refractivity contribution in [1.29, 1.82) is 5.26 Å². The number of phenols is 1. The number of nitriles is 1. The van der Waals surface area contributed by atoms with E-state index in [9.17, 15) is 5.11 Å². The van der Waals surface area contributed by atoms with Crippen molar-refractivity contribution in [3.8, 4) is 28.8 Å². The van der Waals surface area contributed by atoms with Crippen molar-refractivity contribution in [2.24, 2.45) is 0 Å². The van der Waals surface area contributed by atoms with Crippen LogP contribution in [0.2, 0.25) is 0 Å². The van der Waals surface area contributed by atoms with E-state index in [-0.39, 0.29) is 29.1 Å². The first-order valence-electron chi connectivity index (χ1n) is 11.9. The van der Waals surface area contributed by atoms with Gasteiger partial charge in [-0.05, 0) is 58.1 Å². The number of nitrogens with zero attached hydrogens (tertiary/aromatic N) is 8. The first-order valence-corrected chi connectivity index (χ1v) is 11.9. The van der Waals surface area contributed by atoms with E-state index in [2.05, 4.69) is 37.7 Å². The third-order valence-electron chi connectivity index (χ3n) is 7.60. The van der Waals surface area contributed by atoms with E-state index in [4.69, 9.17) is 5.26 Å². The maximum absolute atomic E-state index is 15.8. The minimum atomic E-state index is -1.03. The van der Waals surface area contributed by atoms with Crippen molar-refractivity contribution in [3.05, 3.63) is 36.3 Å². The largest absolute Gasteiger partial charge is 0.507 e. The summed E-state index contributed by atoms with van der Waals surface area (Å²) in [5, 5.41) is 39.4. The molecule has 2 saturated heterocycles. The molecule has 0 amide bonds. The summed E-state index contributed by atoms with van der Waals surface area (Å²) >= 11 is 0. The van der Waals surface area contributed by atoms with Gasteiger partial charge >= 0.3 is 0 Å². The highest BCUT2D eigenvalue weighted by Crippen LogP contribution is 2.47. The van der Waals surface area contributed by atoms with E-state index in [1.54, 1.807) is 18.3 Å². The molecule has 2 aromatic heterocycles. The van der Waals surface area contributed by atoms with Gasteiger partial charge in [0.15, 0.2) is 5.69 Å². The molecule has 6 rings (SSSR count). The van der Waals surface area contributed by atoms with Crippen LogP contribution in [0.1, 0.15) is 51.6 Å². The smallest absolute Gasteiger partial charge is 0.245 e. The summed E-state index contributed by atoms with van der Waals surface area (Å²) in [6.45, 7) is 4.16. The molecule has 4 atom stereocenters. The average molecular weight is 476 g/mol. The molecule has 35 heavy (non-hydrogen) atoms. The molecular weight excluding hydrogens is 449 g/mol. The minimum Gasteiger partial charge on any atom is -0.507 e. The first kappa shape index (κ1) is 21.9. The first-order chi connectivity index (χ1) is 16.8. The fourth-order valence-electron chi connectivity index (χ4n) is 5.71. The molecule has 10 nitrogen and oxygen atoms in total. The molecule has 3 aromatic rings. The Bertz CT molecular complexity index is 1320. The number of benzene rings is 1. The Morgan fingerprint density at radius 1 is 1.23 bits per heavy atom. The Hall–Kier alpha value is -3.65. The van der Waals surface area contributed by atoms with Crippen LogP contribution in [0.15, 0.2) is 30.6 Å². The molecule has 4 heterocycles. The highest BCUT2D eigenvalue weighted by Gasteiger charge is 2.58. The molecule has 180 valence electrons. The molecule has 3 aliphatic rings. The fourth-order valence-corrected chi connectivity index (χ4v) is 5.71. The zero-order valence-corrected chi connectivity index (χ0v) is 19.6. The monoisotopic (exact) mass is 475 g/mol. The number of rotatable bonds is 5. The van der Waals surface area contributed by atoms with Crippen LogP contribution in [0.5, 0.6) is 5.75 Å². The summed E-state index contributed by atoms with van der Waals surface area (Å²) in [5.74, 6) is 0.402. The molecule has 3 fully saturated rings. The molecule has 0 spiro atoms. The molecule has 1 aliphatic carbocycles. The third kappa shape index (κ3) is 3.69. The maximum Gasteiger partial charge on any atom is 0.245 e. The van der Waals surface area contributed by atoms with Crippen molar-refractivity contribution < 1.29 is 9.50 Å². The van der Waals surface area contributed by atoms with Crippen molar-refractivity contribution in [3.63, 3.8) is 0 Å². The molecular formula is C24H26FN9O. The van der Waals surface area contributed by atoms with E-state index >= 15 is 4.39 Å². The van der Waals surface area contributed by atoms with Gasteiger partial charge in [0.25, 0.3) is 0 Å². The predicted octanol–water partition coefficient (Wildman–Crippen LogP) is 2.68. The molecule has 2 N–H and O–H groups in total. The van der Waals surface area contributed by atoms with Gasteiger partial charge in [-0.3, -0.25) is 0 Å². The fraction of sp³-hybridized carbons (Fsp3) is 0.500. The number of aromatic hydroxyl groups is 1. The Labute approximate surface area is 201 Å². The van der Waals surface area contributed by atoms with Crippen LogP contribution in [-0.4, -0.2) is 64.6 Å². The predicted molar refractivity (Wildman–Crippen MR) is 125 cm³/mol. The summed E-state index contributed by atoms with van der Waals surface area (Å²) in [4.78, 5) is 6.62. The highest BCUT2D eigenvalue weighted by atomic mass is 19.1. The number of alkyl halides is 1. The summed E-state index contributed by atoms with van der Waals surface area (Å²) in [7, 11) is 0. The Kier molecular flexibility index (Phi) is 4.79. The van der Waals surface area contributed by atoms with E-state index in [1.807, 2.05) is 17.9 Å². The van der Waals surface area contributed by atoms with Crippen LogP contribution in [0.4, 0.5) is 10.3 Å². The van der Waals surface area contributed by atoms with Crippen LogP contribution in [0, 0.1) is 11.3 Å². The normalized spacial score (nSPS) is 29.7. The summed E-state index contributed by atoms with van der Waals surface area (Å²) in [6.07, 6.45) is 6.48. The quantitative estimate of drug-likeness (QED) is 0.572. The summed E-state index contributed by atoms with van der Waals surface area (Å²) < 4.78 is 17.2. The van der Waals surface area contributed by atoms with E-state index < -0.39 is 11.7 Å². The number of hydrogen-bond acceptors (Lipinski definition) is 9. The molecule has 1 saturated carbocycles. The van der Waals surface area contributed by atoms with Crippen LogP contribution in [-0.2, 0) is 0 Å². The van der Waals surface area contributed by atoms with E-state index in [0.29, 0.717) is 29.3 Å². The highest BCUT2D eigenvalue weighted by molar-refractivity contribution is 5.68. The second-order valence-electron chi connectivity index (χ2n) is 10.4. The van der Waals surface area contributed by atoms with Crippen molar-refractivity contribution >= 4 is 5.95 Å². The van der Waals surface area contributed by atoms with Gasteiger partial charge < -0.3 is 15.3 Å². The Morgan fingerprint density at radius 2 is 2.06 bits per heavy atom. The number of phenolic OH excluding ortho intramolecular Hbond substituents is 1. The van der Waals surface area contributed by atoms with Gasteiger partial charge in [-0.15, -0.1) is 15.3 Å². The van der Waals surface area contributed by atoms with E-state index in [0.717, 1.165) is 25.7 Å². The summed E-state index contributed by atoms with van der Waals surface area (Å²) in [6, 6.07) is 6.77. The van der Waals surface area contributed by atoms with Gasteiger partial charge in [0.2, 0.25) is 5.95 Å². The zero-order valence-electron chi connectivity index (χ0n) is 19.6. The topological polar surface area (TPSA) is 129 Å². The van der Waals surface area contributed by atoms with Gasteiger partial charge in [0, 0.05) is 28.7 Å². The molecule has 0 unspecified atom stereocenters. The standard InChI is InChI=1S/C24H26FN9O/c1-23-7-8-24(2,31-23)21(25)19(10-23)34(15-3-4-15)22-27-12-18(29-30-22)17-6-5-16(9-20(17)35)33-13-14(11-26)28-32-33/h5-6,9,12-13,15,19,21,31,35H,3-4,7-8,10H2,1-2H3/t19-,21-,23-,24+/m0/s1. The SMILES string of the molecule is C[C@@]12CC[C@@](C)(N1)[C@@H](F)[C@@H](N(c1ncc(-c3ccc(-n4cc(C#N)nn4)cc3O)nn1)C1CC1)C2. The number of anilines is 1. The minimum absolute atomic E-state index is 0.0287. The number of nitrogens with one attached hydrogen (secondary N) is 1. The number of hydrogen-bond donors (Lipinski definition) is 2. The summed E-state index contributed by atoms with van der Waals surface area (Å²) in [5.41, 5.74) is 0.972. The van der Waals surface area contributed by atoms with Crippen molar-refractivity contribution in [1.82, 2.24) is 35.5 Å². The lowest BCUT2D eigenvalue weighted by molar-refractivity contribution is 0.0828. The maximum atomic E-state index is 15.8. The van der Waals surface area contributed by atoms with Gasteiger partial charge in [0.1, 0.15) is 23.7 Å².